The van der Waals surface area contributed by atoms with Crippen molar-refractivity contribution in [1.29, 1.82) is 0 Å². The van der Waals surface area contributed by atoms with Crippen LogP contribution in [0.25, 0.3) is 0 Å². The van der Waals surface area contributed by atoms with Gasteiger partial charge < -0.3 is 10.2 Å². The molecule has 1 N–H and O–H groups in total. The number of hydrogen-bond acceptors (Lipinski definition) is 6. The molecule has 3 heterocycles. The molecule has 1 aromatic carbocycles. The Labute approximate surface area is 163 Å². The van der Waals surface area contributed by atoms with Crippen LogP contribution in [0.15, 0.2) is 40.7 Å². The van der Waals surface area contributed by atoms with Gasteiger partial charge in [-0.3, -0.25) is 4.79 Å². The minimum atomic E-state index is -3.45. The van der Waals surface area contributed by atoms with Gasteiger partial charge in [0.1, 0.15) is 0 Å². The lowest BCUT2D eigenvalue weighted by Crippen LogP contribution is -2.37. The van der Waals surface area contributed by atoms with Crippen LogP contribution < -0.4 is 10.2 Å². The van der Waals surface area contributed by atoms with Crippen molar-refractivity contribution in [3.63, 3.8) is 0 Å². The quantitative estimate of drug-likeness (QED) is 0.821. The molecule has 0 spiro atoms. The number of carbonyl (C=O) groups is 1. The first-order valence-corrected chi connectivity index (χ1v) is 11.4. The Morgan fingerprint density at radius 1 is 1.15 bits per heavy atom. The van der Waals surface area contributed by atoms with Crippen LogP contribution in [0.2, 0.25) is 0 Å². The van der Waals surface area contributed by atoms with Gasteiger partial charge in [-0.05, 0) is 43.5 Å². The number of thiazole rings is 1. The highest BCUT2D eigenvalue weighted by Gasteiger charge is 2.28. The van der Waals surface area contributed by atoms with Crippen molar-refractivity contribution in [2.24, 2.45) is 0 Å². The standard InChI is InChI=1S/C18H22N4O3S2/c23-17(20-15-7-11-21(13-15)18-19-8-12-26-18)14-3-5-16(6-4-14)27(24,25)22-9-1-2-10-22/h3-6,8,12,15H,1-2,7,9-11,13H2,(H,20,23). The molecule has 7 nitrogen and oxygen atoms in total. The zero-order valence-electron chi connectivity index (χ0n) is 14.9. The molecule has 2 saturated heterocycles. The average Bonchev–Trinajstić information content (AvgIpc) is 3.42. The molecule has 0 bridgehead atoms. The van der Waals surface area contributed by atoms with Gasteiger partial charge in [-0.2, -0.15) is 4.31 Å². The van der Waals surface area contributed by atoms with Crippen LogP contribution in [-0.2, 0) is 10.0 Å². The van der Waals surface area contributed by atoms with Crippen molar-refractivity contribution >= 4 is 32.4 Å². The highest BCUT2D eigenvalue weighted by atomic mass is 32.2. The molecule has 0 radical (unpaired) electrons. The number of rotatable bonds is 5. The predicted molar refractivity (Wildman–Crippen MR) is 105 cm³/mol. The molecular formula is C18H22N4O3S2. The van der Waals surface area contributed by atoms with Gasteiger partial charge in [-0.1, -0.05) is 0 Å². The summed E-state index contributed by atoms with van der Waals surface area (Å²) in [6.45, 7) is 2.75. The predicted octanol–water partition coefficient (Wildman–Crippen LogP) is 1.94. The SMILES string of the molecule is O=C(NC1CCN(c2nccs2)C1)c1ccc(S(=O)(=O)N2CCCC2)cc1. The maximum Gasteiger partial charge on any atom is 0.251 e. The first-order chi connectivity index (χ1) is 13.0. The summed E-state index contributed by atoms with van der Waals surface area (Å²) in [5, 5.41) is 5.96. The van der Waals surface area contributed by atoms with Gasteiger partial charge in [0.2, 0.25) is 10.0 Å². The van der Waals surface area contributed by atoms with Crippen LogP contribution >= 0.6 is 11.3 Å². The molecule has 27 heavy (non-hydrogen) atoms. The molecule has 1 aromatic heterocycles. The third-order valence-corrected chi connectivity index (χ3v) is 7.78. The molecule has 2 fully saturated rings. The van der Waals surface area contributed by atoms with Gasteiger partial charge in [0.15, 0.2) is 5.13 Å². The second-order valence-corrected chi connectivity index (χ2v) is 9.67. The van der Waals surface area contributed by atoms with Gasteiger partial charge in [-0.15, -0.1) is 11.3 Å². The van der Waals surface area contributed by atoms with E-state index in [1.165, 1.54) is 16.4 Å². The van der Waals surface area contributed by atoms with E-state index in [2.05, 4.69) is 15.2 Å². The minimum absolute atomic E-state index is 0.0643. The Bertz CT molecular complexity index is 891. The summed E-state index contributed by atoms with van der Waals surface area (Å²) in [6, 6.07) is 6.30. The zero-order valence-corrected chi connectivity index (χ0v) is 16.5. The number of amides is 1. The van der Waals surface area contributed by atoms with Crippen LogP contribution in [0, 0.1) is 0 Å². The molecule has 2 aliphatic rings. The number of benzene rings is 1. The molecular weight excluding hydrogens is 384 g/mol. The number of carbonyl (C=O) groups excluding carboxylic acids is 1. The number of hydrogen-bond donors (Lipinski definition) is 1. The zero-order chi connectivity index (χ0) is 18.9. The fourth-order valence-corrected chi connectivity index (χ4v) is 5.75. The molecule has 0 saturated carbocycles. The fraction of sp³-hybridized carbons (Fsp3) is 0.444. The smallest absolute Gasteiger partial charge is 0.251 e. The lowest BCUT2D eigenvalue weighted by molar-refractivity contribution is 0.0940. The largest absolute Gasteiger partial charge is 0.347 e. The second kappa shape index (κ2) is 7.57. The molecule has 2 aromatic rings. The van der Waals surface area contributed by atoms with Crippen LogP contribution in [0.1, 0.15) is 29.6 Å². The highest BCUT2D eigenvalue weighted by molar-refractivity contribution is 7.89. The van der Waals surface area contributed by atoms with Crippen LogP contribution in [0.4, 0.5) is 5.13 Å². The van der Waals surface area contributed by atoms with Gasteiger partial charge in [0, 0.05) is 49.4 Å². The van der Waals surface area contributed by atoms with Gasteiger partial charge in [0.05, 0.1) is 4.90 Å². The van der Waals surface area contributed by atoms with Crippen molar-refractivity contribution in [2.75, 3.05) is 31.1 Å². The topological polar surface area (TPSA) is 82.6 Å². The molecule has 9 heteroatoms. The normalized spacial score (nSPS) is 20.9. The molecule has 1 atom stereocenters. The Hall–Kier alpha value is -1.97. The van der Waals surface area contributed by atoms with E-state index in [0.717, 1.165) is 37.5 Å². The third-order valence-electron chi connectivity index (χ3n) is 5.03. The fourth-order valence-electron chi connectivity index (χ4n) is 3.55. The van der Waals surface area contributed by atoms with Crippen molar-refractivity contribution < 1.29 is 13.2 Å². The van der Waals surface area contributed by atoms with Crippen molar-refractivity contribution in [2.45, 2.75) is 30.2 Å². The van der Waals surface area contributed by atoms with E-state index in [0.29, 0.717) is 18.7 Å². The monoisotopic (exact) mass is 406 g/mol. The Morgan fingerprint density at radius 2 is 1.89 bits per heavy atom. The summed E-state index contributed by atoms with van der Waals surface area (Å²) < 4.78 is 26.6. The molecule has 1 unspecified atom stereocenters. The second-order valence-electron chi connectivity index (χ2n) is 6.86. The average molecular weight is 407 g/mol. The van der Waals surface area contributed by atoms with Crippen molar-refractivity contribution in [3.05, 3.63) is 41.4 Å². The molecule has 1 amide bonds. The van der Waals surface area contributed by atoms with E-state index in [4.69, 9.17) is 0 Å². The van der Waals surface area contributed by atoms with Crippen molar-refractivity contribution in [1.82, 2.24) is 14.6 Å². The van der Waals surface area contributed by atoms with Crippen molar-refractivity contribution in [3.8, 4) is 0 Å². The van der Waals surface area contributed by atoms with Crippen LogP contribution in [-0.4, -0.2) is 55.8 Å². The van der Waals surface area contributed by atoms with Gasteiger partial charge in [-0.25, -0.2) is 13.4 Å². The number of nitrogens with one attached hydrogen (secondary N) is 1. The van der Waals surface area contributed by atoms with E-state index < -0.39 is 10.0 Å². The summed E-state index contributed by atoms with van der Waals surface area (Å²) in [5.74, 6) is -0.175. The maximum absolute atomic E-state index is 12.6. The van der Waals surface area contributed by atoms with E-state index in [-0.39, 0.29) is 16.8 Å². The minimum Gasteiger partial charge on any atom is -0.347 e. The third kappa shape index (κ3) is 3.85. The Balaban J connectivity index is 1.38. The first kappa shape index (κ1) is 18.4. The molecule has 144 valence electrons. The number of sulfonamides is 1. The van der Waals surface area contributed by atoms with Gasteiger partial charge in [0.25, 0.3) is 5.91 Å². The molecule has 4 rings (SSSR count). The summed E-state index contributed by atoms with van der Waals surface area (Å²) in [4.78, 5) is 19.2. The van der Waals surface area contributed by atoms with Crippen LogP contribution in [0.5, 0.6) is 0 Å². The van der Waals surface area contributed by atoms with E-state index in [1.54, 1.807) is 29.7 Å². The lowest BCUT2D eigenvalue weighted by atomic mass is 10.2. The number of anilines is 1. The summed E-state index contributed by atoms with van der Waals surface area (Å²) >= 11 is 1.59. The summed E-state index contributed by atoms with van der Waals surface area (Å²) in [6.07, 6.45) is 4.45. The summed E-state index contributed by atoms with van der Waals surface area (Å²) in [5.41, 5.74) is 0.475. The highest BCUT2D eigenvalue weighted by Crippen LogP contribution is 2.23. The first-order valence-electron chi connectivity index (χ1n) is 9.09. The Morgan fingerprint density at radius 3 is 2.56 bits per heavy atom. The summed E-state index contributed by atoms with van der Waals surface area (Å²) in [7, 11) is -3.45. The number of aromatic nitrogens is 1. The maximum atomic E-state index is 12.6. The van der Waals surface area contributed by atoms with Gasteiger partial charge >= 0.3 is 0 Å². The van der Waals surface area contributed by atoms with E-state index in [9.17, 15) is 13.2 Å². The molecule has 0 aliphatic carbocycles. The van der Waals surface area contributed by atoms with E-state index in [1.807, 2.05) is 5.38 Å². The molecule has 2 aliphatic heterocycles. The number of nitrogens with zero attached hydrogens (tertiary/aromatic N) is 3. The Kier molecular flexibility index (Phi) is 5.16. The van der Waals surface area contributed by atoms with Crippen LogP contribution in [0.3, 0.4) is 0 Å². The van der Waals surface area contributed by atoms with E-state index >= 15 is 0 Å². The lowest BCUT2D eigenvalue weighted by Gasteiger charge is -2.17.